The number of benzene rings is 1. The molecular weight excluding hydrogens is 390 g/mol. The molecule has 1 aromatic heterocycles. The zero-order valence-corrected chi connectivity index (χ0v) is 19.5. The predicted octanol–water partition coefficient (Wildman–Crippen LogP) is 3.32. The summed E-state index contributed by atoms with van der Waals surface area (Å²) in [6, 6.07) is 6.02. The van der Waals surface area contributed by atoms with E-state index in [1.807, 2.05) is 19.2 Å². The summed E-state index contributed by atoms with van der Waals surface area (Å²) in [5.41, 5.74) is 3.43. The van der Waals surface area contributed by atoms with Crippen molar-refractivity contribution in [1.82, 2.24) is 14.4 Å². The Labute approximate surface area is 185 Å². The number of morpholine rings is 1. The van der Waals surface area contributed by atoms with E-state index in [0.717, 1.165) is 73.8 Å². The normalized spacial score (nSPS) is 27.9. The van der Waals surface area contributed by atoms with Gasteiger partial charge in [0.2, 0.25) is 0 Å². The third kappa shape index (κ3) is 3.18. The van der Waals surface area contributed by atoms with Gasteiger partial charge < -0.3 is 18.9 Å². The van der Waals surface area contributed by atoms with Crippen molar-refractivity contribution in [3.8, 4) is 5.75 Å². The van der Waals surface area contributed by atoms with Gasteiger partial charge in [-0.3, -0.25) is 9.69 Å². The van der Waals surface area contributed by atoms with Crippen LogP contribution in [-0.4, -0.2) is 73.3 Å². The third-order valence-electron chi connectivity index (χ3n) is 8.24. The van der Waals surface area contributed by atoms with Crippen LogP contribution in [-0.2, 0) is 11.8 Å². The topological polar surface area (TPSA) is 46.9 Å². The molecule has 0 spiro atoms. The lowest BCUT2D eigenvalue weighted by Crippen LogP contribution is -2.59. The van der Waals surface area contributed by atoms with Crippen LogP contribution in [0.5, 0.6) is 5.75 Å². The molecule has 31 heavy (non-hydrogen) atoms. The molecule has 3 heterocycles. The minimum absolute atomic E-state index is 0.169. The van der Waals surface area contributed by atoms with Crippen LogP contribution >= 0.6 is 0 Å². The molecule has 2 saturated heterocycles. The zero-order chi connectivity index (χ0) is 22.0. The smallest absolute Gasteiger partial charge is 0.256 e. The van der Waals surface area contributed by atoms with Crippen LogP contribution < -0.4 is 4.74 Å². The average Bonchev–Trinajstić information content (AvgIpc) is 3.20. The molecule has 1 saturated carbocycles. The minimum Gasteiger partial charge on any atom is -0.497 e. The van der Waals surface area contributed by atoms with Crippen LogP contribution in [0.15, 0.2) is 18.2 Å². The maximum Gasteiger partial charge on any atom is 0.256 e. The summed E-state index contributed by atoms with van der Waals surface area (Å²) in [5, 5.41) is 0.991. The van der Waals surface area contributed by atoms with Crippen LogP contribution in [0.1, 0.15) is 36.3 Å². The molecule has 2 aliphatic heterocycles. The van der Waals surface area contributed by atoms with Gasteiger partial charge in [-0.1, -0.05) is 13.8 Å². The second kappa shape index (κ2) is 7.24. The van der Waals surface area contributed by atoms with E-state index in [-0.39, 0.29) is 11.3 Å². The first kappa shape index (κ1) is 20.8. The predicted molar refractivity (Wildman–Crippen MR) is 122 cm³/mol. The quantitative estimate of drug-likeness (QED) is 0.754. The van der Waals surface area contributed by atoms with E-state index < -0.39 is 0 Å². The van der Waals surface area contributed by atoms with Crippen LogP contribution in [0.2, 0.25) is 0 Å². The number of nitrogens with zero attached hydrogens (tertiary/aromatic N) is 3. The monoisotopic (exact) mass is 425 g/mol. The second-order valence-corrected chi connectivity index (χ2v) is 10.6. The van der Waals surface area contributed by atoms with Gasteiger partial charge in [-0.05, 0) is 42.9 Å². The van der Waals surface area contributed by atoms with Gasteiger partial charge in [0.15, 0.2) is 0 Å². The number of aryl methyl sites for hydroxylation is 1. The van der Waals surface area contributed by atoms with Gasteiger partial charge in [-0.25, -0.2) is 0 Å². The molecule has 6 nitrogen and oxygen atoms in total. The molecule has 1 aliphatic carbocycles. The van der Waals surface area contributed by atoms with Crippen LogP contribution in [0.25, 0.3) is 10.9 Å². The summed E-state index contributed by atoms with van der Waals surface area (Å²) < 4.78 is 13.1. The SMILES string of the molecule is COc1ccc2c(c1)c(C(=O)N1C[C@@H]3C(C)(C)C[C@]3(CN3CCOCC3)C1)c(C)n2C. The summed E-state index contributed by atoms with van der Waals surface area (Å²) in [7, 11) is 3.71. The van der Waals surface area contributed by atoms with Gasteiger partial charge in [-0.15, -0.1) is 0 Å². The highest BCUT2D eigenvalue weighted by Crippen LogP contribution is 2.63. The van der Waals surface area contributed by atoms with Gasteiger partial charge in [0.1, 0.15) is 5.75 Å². The Morgan fingerprint density at radius 2 is 2.00 bits per heavy atom. The molecule has 2 atom stereocenters. The van der Waals surface area contributed by atoms with Crippen LogP contribution in [0, 0.1) is 23.7 Å². The molecule has 0 radical (unpaired) electrons. The van der Waals surface area contributed by atoms with Crippen molar-refractivity contribution in [2.75, 3.05) is 53.0 Å². The number of ether oxygens (including phenoxy) is 2. The number of methoxy groups -OCH3 is 1. The summed E-state index contributed by atoms with van der Waals surface area (Å²) in [4.78, 5) is 18.6. The minimum atomic E-state index is 0.169. The van der Waals surface area contributed by atoms with Crippen molar-refractivity contribution < 1.29 is 14.3 Å². The molecule has 0 bridgehead atoms. The number of amides is 1. The second-order valence-electron chi connectivity index (χ2n) is 10.6. The molecule has 1 amide bonds. The van der Waals surface area contributed by atoms with E-state index in [1.165, 1.54) is 6.42 Å². The number of rotatable bonds is 4. The first-order valence-electron chi connectivity index (χ1n) is 11.5. The van der Waals surface area contributed by atoms with E-state index >= 15 is 0 Å². The van der Waals surface area contributed by atoms with Crippen molar-refractivity contribution in [3.63, 3.8) is 0 Å². The summed E-state index contributed by atoms with van der Waals surface area (Å²) >= 11 is 0. The Balaban J connectivity index is 1.46. The van der Waals surface area contributed by atoms with Crippen LogP contribution in [0.3, 0.4) is 0 Å². The fraction of sp³-hybridized carbons (Fsp3) is 0.640. The van der Waals surface area contributed by atoms with Gasteiger partial charge in [0.25, 0.3) is 5.91 Å². The Kier molecular flexibility index (Phi) is 4.87. The molecule has 0 N–H and O–H groups in total. The number of hydrogen-bond acceptors (Lipinski definition) is 4. The highest BCUT2D eigenvalue weighted by Gasteiger charge is 2.63. The molecule has 2 aromatic rings. The number of fused-ring (bicyclic) bond motifs is 2. The first-order valence-corrected chi connectivity index (χ1v) is 11.5. The standard InChI is InChI=1S/C25H35N3O3/c1-17-22(19-12-18(30-5)6-7-20(19)26(17)4)23(29)28-13-21-24(2,3)14-25(21,16-28)15-27-8-10-31-11-9-27/h6-7,12,21H,8-11,13-16H2,1-5H3/t21-,25+/m1/s1. The van der Waals surface area contributed by atoms with Crippen molar-refractivity contribution in [2.45, 2.75) is 27.2 Å². The maximum absolute atomic E-state index is 13.9. The van der Waals surface area contributed by atoms with Crippen molar-refractivity contribution in [3.05, 3.63) is 29.5 Å². The van der Waals surface area contributed by atoms with Crippen molar-refractivity contribution in [1.29, 1.82) is 0 Å². The molecular formula is C25H35N3O3. The van der Waals surface area contributed by atoms with E-state index in [0.29, 0.717) is 11.3 Å². The Hall–Kier alpha value is -2.05. The largest absolute Gasteiger partial charge is 0.497 e. The fourth-order valence-corrected chi connectivity index (χ4v) is 6.81. The Morgan fingerprint density at radius 3 is 2.68 bits per heavy atom. The van der Waals surface area contributed by atoms with Gasteiger partial charge in [-0.2, -0.15) is 0 Å². The number of carbonyl (C=O) groups excluding carboxylic acids is 1. The van der Waals surface area contributed by atoms with Gasteiger partial charge in [0, 0.05) is 61.8 Å². The number of likely N-dealkylation sites (tertiary alicyclic amines) is 1. The molecule has 1 aromatic carbocycles. The first-order chi connectivity index (χ1) is 14.8. The lowest BCUT2D eigenvalue weighted by atomic mass is 9.48. The average molecular weight is 426 g/mol. The third-order valence-corrected chi connectivity index (χ3v) is 8.24. The number of hydrogen-bond donors (Lipinski definition) is 0. The summed E-state index contributed by atoms with van der Waals surface area (Å²) in [6.07, 6.45) is 1.19. The zero-order valence-electron chi connectivity index (χ0n) is 19.5. The molecule has 3 fully saturated rings. The van der Waals surface area contributed by atoms with E-state index in [2.05, 4.69) is 41.2 Å². The van der Waals surface area contributed by atoms with Gasteiger partial charge >= 0.3 is 0 Å². The lowest BCUT2D eigenvalue weighted by Gasteiger charge is -2.58. The van der Waals surface area contributed by atoms with E-state index in [4.69, 9.17) is 9.47 Å². The highest BCUT2D eigenvalue weighted by molar-refractivity contribution is 6.09. The molecule has 6 heteroatoms. The van der Waals surface area contributed by atoms with Crippen LogP contribution in [0.4, 0.5) is 0 Å². The van der Waals surface area contributed by atoms with Crippen molar-refractivity contribution >= 4 is 16.8 Å². The highest BCUT2D eigenvalue weighted by atomic mass is 16.5. The summed E-state index contributed by atoms with van der Waals surface area (Å²) in [6.45, 7) is 13.2. The number of aromatic nitrogens is 1. The van der Waals surface area contributed by atoms with Crippen molar-refractivity contribution in [2.24, 2.45) is 23.8 Å². The van der Waals surface area contributed by atoms with Gasteiger partial charge in [0.05, 0.1) is 25.9 Å². The maximum atomic E-state index is 13.9. The lowest BCUT2D eigenvalue weighted by molar-refractivity contribution is -0.0966. The number of carbonyl (C=O) groups is 1. The molecule has 0 unspecified atom stereocenters. The fourth-order valence-electron chi connectivity index (χ4n) is 6.81. The van der Waals surface area contributed by atoms with E-state index in [1.54, 1.807) is 7.11 Å². The summed E-state index contributed by atoms with van der Waals surface area (Å²) in [5.74, 6) is 1.51. The Bertz CT molecular complexity index is 1020. The van der Waals surface area contributed by atoms with E-state index in [9.17, 15) is 4.79 Å². The molecule has 3 aliphatic rings. The molecule has 5 rings (SSSR count). The Morgan fingerprint density at radius 1 is 1.26 bits per heavy atom. The molecule has 168 valence electrons.